The maximum atomic E-state index is 12.8. The van der Waals surface area contributed by atoms with E-state index in [4.69, 9.17) is 5.73 Å². The van der Waals surface area contributed by atoms with E-state index in [0.717, 1.165) is 18.5 Å². The van der Waals surface area contributed by atoms with E-state index in [9.17, 15) is 13.2 Å². The molecule has 2 aliphatic heterocycles. The zero-order valence-electron chi connectivity index (χ0n) is 16.2. The summed E-state index contributed by atoms with van der Waals surface area (Å²) >= 11 is 0. The Morgan fingerprint density at radius 2 is 1.78 bits per heavy atom. The molecule has 7 nitrogen and oxygen atoms in total. The van der Waals surface area contributed by atoms with Crippen LogP contribution in [0.1, 0.15) is 18.9 Å². The highest BCUT2D eigenvalue weighted by molar-refractivity contribution is 7.89. The summed E-state index contributed by atoms with van der Waals surface area (Å²) in [6.45, 7) is 7.65. The van der Waals surface area contributed by atoms with Crippen LogP contribution < -0.4 is 5.73 Å². The highest BCUT2D eigenvalue weighted by Crippen LogP contribution is 2.23. The molecule has 0 aromatic heterocycles. The predicted octanol–water partition coefficient (Wildman–Crippen LogP) is 0.497. The predicted molar refractivity (Wildman–Crippen MR) is 105 cm³/mol. The van der Waals surface area contributed by atoms with Crippen LogP contribution in [0.15, 0.2) is 29.2 Å². The quantitative estimate of drug-likeness (QED) is 0.786. The van der Waals surface area contributed by atoms with Crippen molar-refractivity contribution in [3.63, 3.8) is 0 Å². The second kappa shape index (κ2) is 8.26. The number of piperazine rings is 1. The third kappa shape index (κ3) is 4.51. The highest BCUT2D eigenvalue weighted by Gasteiger charge is 2.34. The van der Waals surface area contributed by atoms with Gasteiger partial charge in [-0.3, -0.25) is 9.69 Å². The molecule has 0 bridgehead atoms. The van der Waals surface area contributed by atoms with E-state index in [-0.39, 0.29) is 11.9 Å². The molecule has 0 radical (unpaired) electrons. The van der Waals surface area contributed by atoms with Crippen molar-refractivity contribution in [2.45, 2.75) is 31.2 Å². The molecule has 2 heterocycles. The first kappa shape index (κ1) is 20.3. The summed E-state index contributed by atoms with van der Waals surface area (Å²) in [5.41, 5.74) is 6.78. The van der Waals surface area contributed by atoms with Crippen LogP contribution in [0.5, 0.6) is 0 Å². The molecule has 1 aromatic carbocycles. The molecule has 27 heavy (non-hydrogen) atoms. The van der Waals surface area contributed by atoms with Crippen LogP contribution >= 0.6 is 0 Å². The van der Waals surface area contributed by atoms with Gasteiger partial charge in [-0.1, -0.05) is 17.7 Å². The summed E-state index contributed by atoms with van der Waals surface area (Å²) in [6, 6.07) is 7.17. The Hall–Kier alpha value is -1.48. The number of benzene rings is 1. The minimum Gasteiger partial charge on any atom is -0.339 e. The largest absolute Gasteiger partial charge is 0.339 e. The van der Waals surface area contributed by atoms with Crippen molar-refractivity contribution in [3.05, 3.63) is 29.8 Å². The number of nitrogens with two attached hydrogens (primary N) is 1. The molecule has 2 N–H and O–H groups in total. The van der Waals surface area contributed by atoms with Gasteiger partial charge in [0.05, 0.1) is 11.4 Å². The first-order chi connectivity index (χ1) is 12.8. The summed E-state index contributed by atoms with van der Waals surface area (Å²) in [4.78, 5) is 16.9. The Balaban J connectivity index is 1.54. The van der Waals surface area contributed by atoms with Gasteiger partial charge < -0.3 is 10.6 Å². The molecule has 0 aliphatic carbocycles. The van der Waals surface area contributed by atoms with Gasteiger partial charge in [0.1, 0.15) is 0 Å². The zero-order chi connectivity index (χ0) is 19.6. The lowest BCUT2D eigenvalue weighted by molar-refractivity contribution is -0.133. The monoisotopic (exact) mass is 394 g/mol. The Bertz CT molecular complexity index is 758. The standard InChI is InChI=1S/C19H30N4O3S/c1-15-3-5-18(6-4-15)27(25,26)22-9-7-21(8-10-22)14-19(24)23-13-17(12-20)11-16(23)2/h3-6,16-17H,7-14,20H2,1-2H3. The molecular formula is C19H30N4O3S. The number of nitrogens with zero attached hydrogens (tertiary/aromatic N) is 3. The van der Waals surface area contributed by atoms with Crippen LogP contribution in [-0.4, -0.2) is 80.3 Å². The minimum absolute atomic E-state index is 0.119. The summed E-state index contributed by atoms with van der Waals surface area (Å²) < 4.78 is 27.1. The molecule has 2 aliphatic rings. The van der Waals surface area contributed by atoms with Crippen LogP contribution in [0, 0.1) is 12.8 Å². The van der Waals surface area contributed by atoms with Gasteiger partial charge in [0.15, 0.2) is 0 Å². The van der Waals surface area contributed by atoms with Crippen LogP contribution in [0.3, 0.4) is 0 Å². The SMILES string of the molecule is Cc1ccc(S(=O)(=O)N2CCN(CC(=O)N3CC(CN)CC3C)CC2)cc1. The van der Waals surface area contributed by atoms with E-state index in [0.29, 0.717) is 50.1 Å². The lowest BCUT2D eigenvalue weighted by Gasteiger charge is -2.34. The van der Waals surface area contributed by atoms with Crippen molar-refractivity contribution in [3.8, 4) is 0 Å². The number of likely N-dealkylation sites (tertiary alicyclic amines) is 1. The van der Waals surface area contributed by atoms with Crippen molar-refractivity contribution in [2.24, 2.45) is 11.7 Å². The molecule has 2 unspecified atom stereocenters. The second-order valence-electron chi connectivity index (χ2n) is 7.73. The third-order valence-electron chi connectivity index (χ3n) is 5.66. The van der Waals surface area contributed by atoms with Gasteiger partial charge in [0.25, 0.3) is 0 Å². The Morgan fingerprint density at radius 3 is 2.33 bits per heavy atom. The number of amides is 1. The number of carbonyl (C=O) groups is 1. The smallest absolute Gasteiger partial charge is 0.243 e. The molecule has 2 saturated heterocycles. The lowest BCUT2D eigenvalue weighted by Crippen LogP contribution is -2.51. The first-order valence-corrected chi connectivity index (χ1v) is 11.0. The van der Waals surface area contributed by atoms with Gasteiger partial charge >= 0.3 is 0 Å². The number of hydrogen-bond acceptors (Lipinski definition) is 5. The van der Waals surface area contributed by atoms with E-state index in [1.807, 2.05) is 28.9 Å². The molecule has 0 spiro atoms. The van der Waals surface area contributed by atoms with E-state index >= 15 is 0 Å². The number of hydrogen-bond donors (Lipinski definition) is 1. The van der Waals surface area contributed by atoms with Crippen molar-refractivity contribution >= 4 is 15.9 Å². The molecule has 1 aromatic rings. The topological polar surface area (TPSA) is 87.0 Å². The summed E-state index contributed by atoms with van der Waals surface area (Å²) in [6.07, 6.45) is 0.963. The normalized spacial score (nSPS) is 25.1. The van der Waals surface area contributed by atoms with Gasteiger partial charge in [0, 0.05) is 38.8 Å². The van der Waals surface area contributed by atoms with Crippen molar-refractivity contribution < 1.29 is 13.2 Å². The second-order valence-corrected chi connectivity index (χ2v) is 9.66. The van der Waals surface area contributed by atoms with E-state index in [2.05, 4.69) is 6.92 Å². The maximum absolute atomic E-state index is 12.8. The van der Waals surface area contributed by atoms with E-state index in [1.54, 1.807) is 12.1 Å². The van der Waals surface area contributed by atoms with Crippen LogP contribution in [0.4, 0.5) is 0 Å². The number of carbonyl (C=O) groups excluding carboxylic acids is 1. The molecule has 2 atom stereocenters. The van der Waals surface area contributed by atoms with Gasteiger partial charge in [0.2, 0.25) is 15.9 Å². The van der Waals surface area contributed by atoms with Gasteiger partial charge in [-0.05, 0) is 44.9 Å². The lowest BCUT2D eigenvalue weighted by atomic mass is 10.1. The summed E-state index contributed by atoms with van der Waals surface area (Å²) in [5, 5.41) is 0. The Morgan fingerprint density at radius 1 is 1.15 bits per heavy atom. The Labute approximate surface area is 162 Å². The molecule has 0 saturated carbocycles. The van der Waals surface area contributed by atoms with Crippen LogP contribution in [0.25, 0.3) is 0 Å². The van der Waals surface area contributed by atoms with Crippen molar-refractivity contribution in [1.29, 1.82) is 0 Å². The fourth-order valence-electron chi connectivity index (χ4n) is 3.93. The third-order valence-corrected chi connectivity index (χ3v) is 7.58. The van der Waals surface area contributed by atoms with Gasteiger partial charge in [-0.2, -0.15) is 4.31 Å². The number of aryl methyl sites for hydroxylation is 1. The highest BCUT2D eigenvalue weighted by atomic mass is 32.2. The van der Waals surface area contributed by atoms with E-state index in [1.165, 1.54) is 4.31 Å². The molecular weight excluding hydrogens is 364 g/mol. The van der Waals surface area contributed by atoms with Crippen LogP contribution in [-0.2, 0) is 14.8 Å². The number of rotatable bonds is 5. The number of sulfonamides is 1. The van der Waals surface area contributed by atoms with Crippen LogP contribution in [0.2, 0.25) is 0 Å². The van der Waals surface area contributed by atoms with Gasteiger partial charge in [-0.15, -0.1) is 0 Å². The van der Waals surface area contributed by atoms with Crippen molar-refractivity contribution in [1.82, 2.24) is 14.1 Å². The Kier molecular flexibility index (Phi) is 6.20. The van der Waals surface area contributed by atoms with Crippen molar-refractivity contribution in [2.75, 3.05) is 45.8 Å². The molecule has 1 amide bonds. The summed E-state index contributed by atoms with van der Waals surface area (Å²) in [7, 11) is -3.47. The zero-order valence-corrected chi connectivity index (χ0v) is 17.0. The minimum atomic E-state index is -3.47. The molecule has 8 heteroatoms. The maximum Gasteiger partial charge on any atom is 0.243 e. The first-order valence-electron chi connectivity index (χ1n) is 9.60. The molecule has 150 valence electrons. The summed E-state index contributed by atoms with van der Waals surface area (Å²) in [5.74, 6) is 0.508. The fraction of sp³-hybridized carbons (Fsp3) is 0.632. The van der Waals surface area contributed by atoms with Gasteiger partial charge in [-0.25, -0.2) is 8.42 Å². The average molecular weight is 395 g/mol. The van der Waals surface area contributed by atoms with E-state index < -0.39 is 10.0 Å². The molecule has 3 rings (SSSR count). The fourth-order valence-corrected chi connectivity index (χ4v) is 5.35. The molecule has 2 fully saturated rings. The average Bonchev–Trinajstić information content (AvgIpc) is 3.03.